The smallest absolute Gasteiger partial charge is 0.307 e. The molecular weight excluding hydrogens is 270 g/mol. The number of amides is 1. The molecule has 0 aliphatic heterocycles. The van der Waals surface area contributed by atoms with Crippen LogP contribution in [0.3, 0.4) is 0 Å². The molecule has 0 atom stereocenters. The highest BCUT2D eigenvalue weighted by atomic mass is 35.5. The van der Waals surface area contributed by atoms with Crippen molar-refractivity contribution in [2.24, 2.45) is 0 Å². The van der Waals surface area contributed by atoms with E-state index in [1.54, 1.807) is 14.0 Å². The molecular formula is C13H16ClNO4. The lowest BCUT2D eigenvalue weighted by Gasteiger charge is -2.17. The highest BCUT2D eigenvalue weighted by Gasteiger charge is 2.16. The van der Waals surface area contributed by atoms with E-state index in [0.717, 1.165) is 0 Å². The lowest BCUT2D eigenvalue weighted by molar-refractivity contribution is -0.143. The van der Waals surface area contributed by atoms with Gasteiger partial charge in [0.05, 0.1) is 18.6 Å². The first kappa shape index (κ1) is 15.3. The number of hydrogen-bond acceptors (Lipinski definition) is 4. The first-order chi connectivity index (χ1) is 8.95. The van der Waals surface area contributed by atoms with Crippen LogP contribution in [0.5, 0.6) is 5.75 Å². The maximum absolute atomic E-state index is 12.0. The van der Waals surface area contributed by atoms with Crippen molar-refractivity contribution in [3.63, 3.8) is 0 Å². The molecule has 1 amide bonds. The van der Waals surface area contributed by atoms with E-state index in [4.69, 9.17) is 16.3 Å². The summed E-state index contributed by atoms with van der Waals surface area (Å²) in [4.78, 5) is 24.6. The number of carbonyl (C=O) groups is 2. The standard InChI is InChI=1S/C13H16ClNO4/c1-3-19-12(17)6-7-15(2)13(18)10-5-4-9(14)8-11(10)16/h4-5,8,16H,3,6-7H2,1-2H3. The van der Waals surface area contributed by atoms with Gasteiger partial charge in [-0.1, -0.05) is 11.6 Å². The molecule has 1 rings (SSSR count). The van der Waals surface area contributed by atoms with Crippen LogP contribution in [0.15, 0.2) is 18.2 Å². The number of aromatic hydroxyl groups is 1. The number of rotatable bonds is 5. The summed E-state index contributed by atoms with van der Waals surface area (Å²) in [5.41, 5.74) is 0.149. The number of esters is 1. The summed E-state index contributed by atoms with van der Waals surface area (Å²) in [5.74, 6) is -0.915. The van der Waals surface area contributed by atoms with Crippen LogP contribution in [-0.2, 0) is 9.53 Å². The molecule has 0 heterocycles. The van der Waals surface area contributed by atoms with Crippen molar-refractivity contribution in [2.45, 2.75) is 13.3 Å². The summed E-state index contributed by atoms with van der Waals surface area (Å²) in [6, 6.07) is 4.27. The lowest BCUT2D eigenvalue weighted by Crippen LogP contribution is -2.29. The number of halogens is 1. The van der Waals surface area contributed by atoms with E-state index in [0.29, 0.717) is 11.6 Å². The maximum atomic E-state index is 12.0. The molecule has 0 aromatic heterocycles. The molecule has 0 fully saturated rings. The molecule has 1 aromatic carbocycles. The van der Waals surface area contributed by atoms with Crippen molar-refractivity contribution in [1.29, 1.82) is 0 Å². The number of phenolic OH excluding ortho intramolecular Hbond substituents is 1. The van der Waals surface area contributed by atoms with E-state index in [1.807, 2.05) is 0 Å². The zero-order chi connectivity index (χ0) is 14.4. The van der Waals surface area contributed by atoms with Crippen LogP contribution in [0, 0.1) is 0 Å². The Labute approximate surface area is 116 Å². The third kappa shape index (κ3) is 4.44. The number of carbonyl (C=O) groups excluding carboxylic acids is 2. The molecule has 0 unspecified atom stereocenters. The van der Waals surface area contributed by atoms with Gasteiger partial charge in [-0.25, -0.2) is 0 Å². The third-order valence-corrected chi connectivity index (χ3v) is 2.73. The molecule has 1 aromatic rings. The van der Waals surface area contributed by atoms with Crippen LogP contribution in [0.2, 0.25) is 5.02 Å². The topological polar surface area (TPSA) is 66.8 Å². The Morgan fingerprint density at radius 1 is 1.42 bits per heavy atom. The van der Waals surface area contributed by atoms with E-state index >= 15 is 0 Å². The zero-order valence-corrected chi connectivity index (χ0v) is 11.6. The minimum absolute atomic E-state index is 0.116. The fraction of sp³-hybridized carbons (Fsp3) is 0.385. The second-order valence-electron chi connectivity index (χ2n) is 3.94. The SMILES string of the molecule is CCOC(=O)CCN(C)C(=O)c1ccc(Cl)cc1O. The Morgan fingerprint density at radius 2 is 2.11 bits per heavy atom. The van der Waals surface area contributed by atoms with Gasteiger partial charge in [0.25, 0.3) is 5.91 Å². The molecule has 0 aliphatic rings. The largest absolute Gasteiger partial charge is 0.507 e. The van der Waals surface area contributed by atoms with Gasteiger partial charge < -0.3 is 14.7 Å². The summed E-state index contributed by atoms with van der Waals surface area (Å²) in [6.45, 7) is 2.26. The molecule has 0 radical (unpaired) electrons. The predicted octanol–water partition coefficient (Wildman–Crippen LogP) is 2.07. The number of hydrogen-bond donors (Lipinski definition) is 1. The molecule has 1 N–H and O–H groups in total. The van der Waals surface area contributed by atoms with Gasteiger partial charge in [-0.2, -0.15) is 0 Å². The Bertz CT molecular complexity index is 476. The minimum atomic E-state index is -0.376. The predicted molar refractivity (Wildman–Crippen MR) is 71.3 cm³/mol. The maximum Gasteiger partial charge on any atom is 0.307 e. The van der Waals surface area contributed by atoms with E-state index in [1.165, 1.54) is 23.1 Å². The quantitative estimate of drug-likeness (QED) is 0.841. The van der Waals surface area contributed by atoms with Gasteiger partial charge in [0.1, 0.15) is 5.75 Å². The Hall–Kier alpha value is -1.75. The molecule has 104 valence electrons. The van der Waals surface area contributed by atoms with Gasteiger partial charge in [-0.05, 0) is 25.1 Å². The van der Waals surface area contributed by atoms with Crippen molar-refractivity contribution >= 4 is 23.5 Å². The zero-order valence-electron chi connectivity index (χ0n) is 10.9. The van der Waals surface area contributed by atoms with Crippen molar-refractivity contribution in [3.8, 4) is 5.75 Å². The molecule has 5 nitrogen and oxygen atoms in total. The van der Waals surface area contributed by atoms with Crippen molar-refractivity contribution in [3.05, 3.63) is 28.8 Å². The van der Waals surface area contributed by atoms with E-state index in [9.17, 15) is 14.7 Å². The average Bonchev–Trinajstić information content (AvgIpc) is 2.35. The summed E-state index contributed by atoms with van der Waals surface area (Å²) in [6.07, 6.45) is 0.116. The first-order valence-corrected chi connectivity index (χ1v) is 6.23. The van der Waals surface area contributed by atoms with Gasteiger partial charge in [0, 0.05) is 18.6 Å². The summed E-state index contributed by atoms with van der Waals surface area (Å²) in [5, 5.41) is 10.00. The van der Waals surface area contributed by atoms with E-state index < -0.39 is 0 Å². The Kier molecular flexibility index (Phi) is 5.63. The van der Waals surface area contributed by atoms with Gasteiger partial charge in [-0.3, -0.25) is 9.59 Å². The third-order valence-electron chi connectivity index (χ3n) is 2.49. The van der Waals surface area contributed by atoms with Gasteiger partial charge in [0.15, 0.2) is 0 Å². The molecule has 6 heteroatoms. The molecule has 0 aliphatic carbocycles. The normalized spacial score (nSPS) is 10.1. The number of phenols is 1. The van der Waals surface area contributed by atoms with Crippen molar-refractivity contribution < 1.29 is 19.4 Å². The Balaban J connectivity index is 2.64. The fourth-order valence-corrected chi connectivity index (χ4v) is 1.65. The molecule has 0 saturated carbocycles. The van der Waals surface area contributed by atoms with E-state index in [-0.39, 0.29) is 36.2 Å². The van der Waals surface area contributed by atoms with E-state index in [2.05, 4.69) is 0 Å². The molecule has 19 heavy (non-hydrogen) atoms. The van der Waals surface area contributed by atoms with Crippen LogP contribution in [0.1, 0.15) is 23.7 Å². The van der Waals surface area contributed by atoms with Crippen LogP contribution in [-0.4, -0.2) is 42.1 Å². The lowest BCUT2D eigenvalue weighted by atomic mass is 10.1. The monoisotopic (exact) mass is 285 g/mol. The van der Waals surface area contributed by atoms with Crippen LogP contribution < -0.4 is 0 Å². The van der Waals surface area contributed by atoms with Crippen LogP contribution >= 0.6 is 11.6 Å². The molecule has 0 saturated heterocycles. The summed E-state index contributed by atoms with van der Waals surface area (Å²) >= 11 is 5.69. The highest BCUT2D eigenvalue weighted by Crippen LogP contribution is 2.22. The summed E-state index contributed by atoms with van der Waals surface area (Å²) < 4.78 is 4.77. The van der Waals surface area contributed by atoms with Crippen molar-refractivity contribution in [1.82, 2.24) is 4.90 Å². The number of nitrogens with zero attached hydrogens (tertiary/aromatic N) is 1. The molecule has 0 spiro atoms. The van der Waals surface area contributed by atoms with Gasteiger partial charge in [-0.15, -0.1) is 0 Å². The second kappa shape index (κ2) is 6.99. The minimum Gasteiger partial charge on any atom is -0.507 e. The molecule has 0 bridgehead atoms. The summed E-state index contributed by atoms with van der Waals surface area (Å²) in [7, 11) is 1.55. The van der Waals surface area contributed by atoms with Gasteiger partial charge in [0.2, 0.25) is 0 Å². The Morgan fingerprint density at radius 3 is 2.68 bits per heavy atom. The number of benzene rings is 1. The van der Waals surface area contributed by atoms with Crippen molar-refractivity contribution in [2.75, 3.05) is 20.2 Å². The first-order valence-electron chi connectivity index (χ1n) is 5.85. The van der Waals surface area contributed by atoms with Gasteiger partial charge >= 0.3 is 5.97 Å². The second-order valence-corrected chi connectivity index (χ2v) is 4.38. The van der Waals surface area contributed by atoms with Crippen LogP contribution in [0.25, 0.3) is 0 Å². The van der Waals surface area contributed by atoms with Crippen LogP contribution in [0.4, 0.5) is 0 Å². The highest BCUT2D eigenvalue weighted by molar-refractivity contribution is 6.30. The average molecular weight is 286 g/mol. The number of ether oxygens (including phenoxy) is 1. The fourth-order valence-electron chi connectivity index (χ4n) is 1.48.